The van der Waals surface area contributed by atoms with Gasteiger partial charge in [-0.25, -0.2) is 13.2 Å². The van der Waals surface area contributed by atoms with Crippen LogP contribution in [0.2, 0.25) is 0 Å². The fourth-order valence-corrected chi connectivity index (χ4v) is 5.19. The topological polar surface area (TPSA) is 34.0 Å². The van der Waals surface area contributed by atoms with Crippen LogP contribution in [0, 0.1) is 30.3 Å². The summed E-state index contributed by atoms with van der Waals surface area (Å²) in [4.78, 5) is 13.1. The average molecular weight is 433 g/mol. The molecule has 2 aromatic rings. The van der Waals surface area contributed by atoms with Gasteiger partial charge >= 0.3 is 0 Å². The number of carbonyl (C=O) groups excluding carboxylic acids is 1. The highest BCUT2D eigenvalue weighted by molar-refractivity contribution is 5.97. The van der Waals surface area contributed by atoms with Gasteiger partial charge in [0.2, 0.25) is 0 Å². The Labute approximate surface area is 182 Å². The number of hydrogen-bond donors (Lipinski definition) is 1. The fraction of sp³-hybridized carbons (Fsp3) is 0.560. The van der Waals surface area contributed by atoms with Gasteiger partial charge < -0.3 is 9.88 Å². The SMILES string of the molecule is Cc1c(C(=O)NC2CCCCC2)cc(-c2cc(F)c(F)cc2F)n1CC1CCCCC1. The molecule has 31 heavy (non-hydrogen) atoms. The first-order chi connectivity index (χ1) is 14.9. The van der Waals surface area contributed by atoms with Crippen LogP contribution < -0.4 is 5.32 Å². The molecule has 2 saturated carbocycles. The minimum absolute atomic E-state index is 0.00507. The lowest BCUT2D eigenvalue weighted by Crippen LogP contribution is -2.36. The molecule has 2 fully saturated rings. The van der Waals surface area contributed by atoms with E-state index in [1.807, 2.05) is 11.5 Å². The first-order valence-electron chi connectivity index (χ1n) is 11.6. The van der Waals surface area contributed by atoms with Gasteiger partial charge in [0.25, 0.3) is 5.91 Å². The molecule has 0 radical (unpaired) electrons. The molecule has 2 aliphatic carbocycles. The Balaban J connectivity index is 1.70. The van der Waals surface area contributed by atoms with Crippen LogP contribution in [0.3, 0.4) is 0 Å². The van der Waals surface area contributed by atoms with E-state index in [1.165, 1.54) is 12.8 Å². The lowest BCUT2D eigenvalue weighted by atomic mass is 9.89. The van der Waals surface area contributed by atoms with E-state index in [-0.39, 0.29) is 17.5 Å². The van der Waals surface area contributed by atoms with Crippen LogP contribution >= 0.6 is 0 Å². The number of amides is 1. The molecule has 1 N–H and O–H groups in total. The van der Waals surface area contributed by atoms with E-state index in [0.717, 1.165) is 63.1 Å². The zero-order valence-electron chi connectivity index (χ0n) is 18.2. The third-order valence-corrected chi connectivity index (χ3v) is 7.00. The molecule has 0 saturated heterocycles. The number of carbonyl (C=O) groups is 1. The highest BCUT2D eigenvalue weighted by Gasteiger charge is 2.25. The normalized spacial score (nSPS) is 18.3. The van der Waals surface area contributed by atoms with Crippen LogP contribution in [0.4, 0.5) is 13.2 Å². The Morgan fingerprint density at radius 2 is 1.52 bits per heavy atom. The molecule has 0 unspecified atom stereocenters. The summed E-state index contributed by atoms with van der Waals surface area (Å²) in [6.07, 6.45) is 11.1. The second-order valence-electron chi connectivity index (χ2n) is 9.20. The van der Waals surface area contributed by atoms with Crippen LogP contribution in [0.5, 0.6) is 0 Å². The van der Waals surface area contributed by atoms with Gasteiger partial charge in [-0.15, -0.1) is 0 Å². The molecule has 0 aliphatic heterocycles. The van der Waals surface area contributed by atoms with Gasteiger partial charge in [0.1, 0.15) is 5.82 Å². The smallest absolute Gasteiger partial charge is 0.253 e. The highest BCUT2D eigenvalue weighted by atomic mass is 19.2. The maximum Gasteiger partial charge on any atom is 0.253 e. The minimum atomic E-state index is -1.21. The number of aromatic nitrogens is 1. The predicted octanol–water partition coefficient (Wildman–Crippen LogP) is 6.52. The van der Waals surface area contributed by atoms with E-state index in [4.69, 9.17) is 0 Å². The van der Waals surface area contributed by atoms with Gasteiger partial charge in [-0.1, -0.05) is 38.5 Å². The van der Waals surface area contributed by atoms with Gasteiger partial charge in [0.05, 0.1) is 11.3 Å². The van der Waals surface area contributed by atoms with E-state index >= 15 is 0 Å². The molecule has 1 aromatic heterocycles. The summed E-state index contributed by atoms with van der Waals surface area (Å²) in [5.74, 6) is -2.86. The van der Waals surface area contributed by atoms with Crippen molar-refractivity contribution in [3.8, 4) is 11.3 Å². The molecule has 168 valence electrons. The van der Waals surface area contributed by atoms with Crippen molar-refractivity contribution in [2.75, 3.05) is 0 Å². The second kappa shape index (κ2) is 9.49. The molecule has 6 heteroatoms. The maximum absolute atomic E-state index is 14.7. The van der Waals surface area contributed by atoms with Gasteiger partial charge in [0, 0.05) is 29.9 Å². The van der Waals surface area contributed by atoms with Crippen molar-refractivity contribution in [2.45, 2.75) is 83.7 Å². The highest BCUT2D eigenvalue weighted by Crippen LogP contribution is 2.33. The third-order valence-electron chi connectivity index (χ3n) is 7.00. The molecule has 2 aliphatic rings. The van der Waals surface area contributed by atoms with Crippen LogP contribution in [-0.4, -0.2) is 16.5 Å². The number of nitrogens with one attached hydrogen (secondary N) is 1. The van der Waals surface area contributed by atoms with Crippen LogP contribution in [0.1, 0.15) is 80.3 Å². The van der Waals surface area contributed by atoms with Gasteiger partial charge in [-0.05, 0) is 50.7 Å². The second-order valence-corrected chi connectivity index (χ2v) is 9.20. The first-order valence-corrected chi connectivity index (χ1v) is 11.6. The summed E-state index contributed by atoms with van der Waals surface area (Å²) >= 11 is 0. The van der Waals surface area contributed by atoms with Gasteiger partial charge in [-0.3, -0.25) is 4.79 Å². The zero-order valence-corrected chi connectivity index (χ0v) is 18.2. The molecule has 0 atom stereocenters. The summed E-state index contributed by atoms with van der Waals surface area (Å²) in [5.41, 5.74) is 1.67. The van der Waals surface area contributed by atoms with E-state index in [0.29, 0.717) is 29.8 Å². The molecule has 1 aromatic carbocycles. The summed E-state index contributed by atoms with van der Waals surface area (Å²) < 4.78 is 44.1. The van der Waals surface area contributed by atoms with Crippen molar-refractivity contribution in [2.24, 2.45) is 5.92 Å². The third kappa shape index (κ3) is 4.83. The Bertz CT molecular complexity index is 941. The molecule has 1 heterocycles. The Morgan fingerprint density at radius 3 is 2.19 bits per heavy atom. The molecule has 0 spiro atoms. The van der Waals surface area contributed by atoms with Crippen molar-refractivity contribution >= 4 is 5.91 Å². The summed E-state index contributed by atoms with van der Waals surface area (Å²) in [6, 6.07) is 3.29. The van der Waals surface area contributed by atoms with E-state index in [9.17, 15) is 18.0 Å². The predicted molar refractivity (Wildman–Crippen MR) is 115 cm³/mol. The van der Waals surface area contributed by atoms with E-state index in [2.05, 4.69) is 5.32 Å². The Kier molecular flexibility index (Phi) is 6.73. The van der Waals surface area contributed by atoms with E-state index < -0.39 is 17.5 Å². The standard InChI is InChI=1S/C25H31F3N2O/c1-16-19(25(31)29-18-10-6-3-7-11-18)13-24(20-12-22(27)23(28)14-21(20)26)30(16)15-17-8-4-2-5-9-17/h12-14,17-18H,2-11,15H2,1H3,(H,29,31). The van der Waals surface area contributed by atoms with Crippen molar-refractivity contribution in [1.29, 1.82) is 0 Å². The molecule has 3 nitrogen and oxygen atoms in total. The molecule has 4 rings (SSSR count). The number of nitrogens with zero attached hydrogens (tertiary/aromatic N) is 1. The first kappa shape index (κ1) is 22.0. The maximum atomic E-state index is 14.7. The van der Waals surface area contributed by atoms with Gasteiger partial charge in [-0.2, -0.15) is 0 Å². The monoisotopic (exact) mass is 432 g/mol. The average Bonchev–Trinajstić information content (AvgIpc) is 3.08. The largest absolute Gasteiger partial charge is 0.349 e. The van der Waals surface area contributed by atoms with E-state index in [1.54, 1.807) is 6.07 Å². The van der Waals surface area contributed by atoms with Crippen LogP contribution in [-0.2, 0) is 6.54 Å². The lowest BCUT2D eigenvalue weighted by Gasteiger charge is -2.24. The van der Waals surface area contributed by atoms with Crippen LogP contribution in [0.15, 0.2) is 18.2 Å². The number of halogens is 3. The fourth-order valence-electron chi connectivity index (χ4n) is 5.19. The van der Waals surface area contributed by atoms with Gasteiger partial charge in [0.15, 0.2) is 11.6 Å². The van der Waals surface area contributed by atoms with Crippen LogP contribution in [0.25, 0.3) is 11.3 Å². The summed E-state index contributed by atoms with van der Waals surface area (Å²) in [7, 11) is 0. The molecular weight excluding hydrogens is 401 g/mol. The summed E-state index contributed by atoms with van der Waals surface area (Å²) in [5, 5.41) is 3.13. The Hall–Kier alpha value is -2.24. The number of benzene rings is 1. The Morgan fingerprint density at radius 1 is 0.903 bits per heavy atom. The zero-order chi connectivity index (χ0) is 22.0. The minimum Gasteiger partial charge on any atom is -0.349 e. The van der Waals surface area contributed by atoms with Crippen molar-refractivity contribution in [3.63, 3.8) is 0 Å². The molecular formula is C25H31F3N2O. The van der Waals surface area contributed by atoms with Crippen molar-refractivity contribution < 1.29 is 18.0 Å². The van der Waals surface area contributed by atoms with Crippen molar-refractivity contribution in [1.82, 2.24) is 9.88 Å². The van der Waals surface area contributed by atoms with Crippen molar-refractivity contribution in [3.05, 3.63) is 46.9 Å². The quantitative estimate of drug-likeness (QED) is 0.536. The summed E-state index contributed by atoms with van der Waals surface area (Å²) in [6.45, 7) is 2.51. The number of hydrogen-bond acceptors (Lipinski definition) is 1. The molecule has 0 bridgehead atoms. The lowest BCUT2D eigenvalue weighted by molar-refractivity contribution is 0.0927. The number of rotatable bonds is 5. The molecule has 1 amide bonds.